The summed E-state index contributed by atoms with van der Waals surface area (Å²) in [4.78, 5) is 27.3. The van der Waals surface area contributed by atoms with Crippen molar-refractivity contribution in [2.24, 2.45) is 5.92 Å². The number of hydrogen-bond acceptors (Lipinski definition) is 6. The Morgan fingerprint density at radius 1 is 1.05 bits per heavy atom. The summed E-state index contributed by atoms with van der Waals surface area (Å²) in [5.41, 5.74) is 3.27. The van der Waals surface area contributed by atoms with Gasteiger partial charge in [0.25, 0.3) is 10.0 Å². The highest BCUT2D eigenvalue weighted by atomic mass is 32.2. The average molecular weight is 541 g/mol. The van der Waals surface area contributed by atoms with Crippen molar-refractivity contribution in [3.05, 3.63) is 65.4 Å². The van der Waals surface area contributed by atoms with E-state index in [-0.39, 0.29) is 41.5 Å². The Kier molecular flexibility index (Phi) is 9.32. The van der Waals surface area contributed by atoms with E-state index < -0.39 is 16.1 Å². The Balaban J connectivity index is 1.92. The zero-order chi connectivity index (χ0) is 28.0. The number of sulfonamides is 1. The van der Waals surface area contributed by atoms with Crippen LogP contribution in [-0.4, -0.2) is 43.4 Å². The molecule has 9 nitrogen and oxygen atoms in total. The van der Waals surface area contributed by atoms with Crippen molar-refractivity contribution in [3.8, 4) is 11.1 Å². The van der Waals surface area contributed by atoms with Gasteiger partial charge in [-0.15, -0.1) is 0 Å². The third-order valence-electron chi connectivity index (χ3n) is 6.84. The molecular formula is C28H36N4O5S. The number of amides is 2. The van der Waals surface area contributed by atoms with E-state index in [1.807, 2.05) is 38.1 Å². The van der Waals surface area contributed by atoms with Crippen molar-refractivity contribution in [3.63, 3.8) is 0 Å². The van der Waals surface area contributed by atoms with E-state index in [4.69, 9.17) is 4.52 Å². The fraction of sp³-hybridized carbons (Fsp3) is 0.393. The number of rotatable bonds is 11. The molecule has 0 bridgehead atoms. The van der Waals surface area contributed by atoms with E-state index in [0.717, 1.165) is 12.0 Å². The van der Waals surface area contributed by atoms with Gasteiger partial charge < -0.3 is 14.7 Å². The van der Waals surface area contributed by atoms with Crippen LogP contribution >= 0.6 is 0 Å². The Morgan fingerprint density at radius 2 is 1.71 bits per heavy atom. The summed E-state index contributed by atoms with van der Waals surface area (Å²) in [5, 5.41) is 6.51. The van der Waals surface area contributed by atoms with Crippen LogP contribution in [0.25, 0.3) is 11.1 Å². The largest absolute Gasteiger partial charge is 0.357 e. The van der Waals surface area contributed by atoms with E-state index >= 15 is 0 Å². The first-order valence-electron chi connectivity index (χ1n) is 12.7. The van der Waals surface area contributed by atoms with Gasteiger partial charge in [-0.05, 0) is 37.0 Å². The number of carbonyl (C=O) groups is 2. The van der Waals surface area contributed by atoms with Crippen LogP contribution in [0.1, 0.15) is 50.4 Å². The highest BCUT2D eigenvalue weighted by Crippen LogP contribution is 2.30. The lowest BCUT2D eigenvalue weighted by molar-refractivity contribution is -0.142. The molecule has 2 amide bonds. The summed E-state index contributed by atoms with van der Waals surface area (Å²) >= 11 is 0. The normalized spacial score (nSPS) is 13.0. The molecule has 204 valence electrons. The van der Waals surface area contributed by atoms with Crippen LogP contribution in [0.4, 0.5) is 5.88 Å². The topological polar surface area (TPSA) is 122 Å². The third-order valence-corrected chi connectivity index (χ3v) is 8.22. The van der Waals surface area contributed by atoms with Crippen LogP contribution in [-0.2, 0) is 26.2 Å². The van der Waals surface area contributed by atoms with Crippen molar-refractivity contribution in [1.29, 1.82) is 0 Å². The van der Waals surface area contributed by atoms with Gasteiger partial charge in [-0.25, -0.2) is 13.1 Å². The van der Waals surface area contributed by atoms with E-state index in [2.05, 4.69) is 15.2 Å². The van der Waals surface area contributed by atoms with Crippen molar-refractivity contribution < 1.29 is 22.5 Å². The number of hydrogen-bond donors (Lipinski definition) is 2. The van der Waals surface area contributed by atoms with Crippen LogP contribution < -0.4 is 10.0 Å². The average Bonchev–Trinajstić information content (AvgIpc) is 3.23. The van der Waals surface area contributed by atoms with E-state index in [9.17, 15) is 18.0 Å². The molecular weight excluding hydrogens is 504 g/mol. The van der Waals surface area contributed by atoms with Gasteiger partial charge in [0.05, 0.1) is 10.6 Å². The molecule has 0 aliphatic heterocycles. The van der Waals surface area contributed by atoms with Crippen LogP contribution in [0.5, 0.6) is 0 Å². The van der Waals surface area contributed by atoms with Gasteiger partial charge in [0, 0.05) is 31.1 Å². The van der Waals surface area contributed by atoms with Crippen LogP contribution in [0.3, 0.4) is 0 Å². The molecule has 2 atom stereocenters. The van der Waals surface area contributed by atoms with Crippen LogP contribution in [0.2, 0.25) is 0 Å². The van der Waals surface area contributed by atoms with Crippen LogP contribution in [0.15, 0.2) is 57.9 Å². The monoisotopic (exact) mass is 540 g/mol. The summed E-state index contributed by atoms with van der Waals surface area (Å²) in [7, 11) is -2.39. The first-order chi connectivity index (χ1) is 18.0. The fourth-order valence-electron chi connectivity index (χ4n) is 4.24. The Hall–Kier alpha value is -3.66. The molecule has 0 fully saturated rings. The second-order valence-electron chi connectivity index (χ2n) is 9.34. The fourth-order valence-corrected chi connectivity index (χ4v) is 5.51. The molecule has 0 radical (unpaired) electrons. The van der Waals surface area contributed by atoms with Crippen molar-refractivity contribution in [1.82, 2.24) is 15.4 Å². The second kappa shape index (κ2) is 12.3. The molecule has 3 aromatic rings. The highest BCUT2D eigenvalue weighted by molar-refractivity contribution is 7.92. The molecule has 0 spiro atoms. The Morgan fingerprint density at radius 3 is 2.26 bits per heavy atom. The summed E-state index contributed by atoms with van der Waals surface area (Å²) in [6.07, 6.45) is 1.03. The number of aromatic nitrogens is 1. The minimum absolute atomic E-state index is 0.0221. The molecule has 38 heavy (non-hydrogen) atoms. The van der Waals surface area contributed by atoms with Gasteiger partial charge in [0.15, 0.2) is 0 Å². The summed E-state index contributed by atoms with van der Waals surface area (Å²) in [5.74, 6) is -0.239. The van der Waals surface area contributed by atoms with Crippen LogP contribution in [0, 0.1) is 19.8 Å². The molecule has 0 aliphatic rings. The maximum atomic E-state index is 13.3. The molecule has 3 rings (SSSR count). The predicted octanol–water partition coefficient (Wildman–Crippen LogP) is 4.66. The zero-order valence-corrected chi connectivity index (χ0v) is 23.6. The standard InChI is InChI=1S/C28H36N4O5S/c1-7-18(3)26(27(34)29-6)32(25(33)8-2)17-21-13-15-22(16-14-21)23-11-9-10-12-24(23)38(35,36)31-28-19(4)20(5)30-37-28/h9-16,18,26,31H,7-8,17H2,1-6H3,(H,29,34)/t18?,26-/m0/s1. The summed E-state index contributed by atoms with van der Waals surface area (Å²) in [6, 6.07) is 13.5. The third kappa shape index (κ3) is 6.24. The number of anilines is 1. The quantitative estimate of drug-likeness (QED) is 0.365. The molecule has 1 unspecified atom stereocenters. The first kappa shape index (κ1) is 28.9. The molecule has 0 saturated heterocycles. The van der Waals surface area contributed by atoms with Gasteiger partial charge in [0.1, 0.15) is 6.04 Å². The van der Waals surface area contributed by atoms with Gasteiger partial charge in [-0.3, -0.25) is 9.59 Å². The number of aryl methyl sites for hydroxylation is 1. The number of benzene rings is 2. The van der Waals surface area contributed by atoms with Gasteiger partial charge in [-0.2, -0.15) is 0 Å². The molecule has 0 saturated carbocycles. The van der Waals surface area contributed by atoms with Crippen molar-refractivity contribution in [2.45, 2.75) is 64.9 Å². The van der Waals surface area contributed by atoms with E-state index in [0.29, 0.717) is 22.4 Å². The predicted molar refractivity (Wildman–Crippen MR) is 147 cm³/mol. The second-order valence-corrected chi connectivity index (χ2v) is 11.0. The maximum absolute atomic E-state index is 13.3. The lowest BCUT2D eigenvalue weighted by Crippen LogP contribution is -2.51. The summed E-state index contributed by atoms with van der Waals surface area (Å²) < 4.78 is 34.2. The van der Waals surface area contributed by atoms with E-state index in [1.165, 1.54) is 6.07 Å². The number of nitrogens with zero attached hydrogens (tertiary/aromatic N) is 2. The van der Waals surface area contributed by atoms with Crippen molar-refractivity contribution >= 4 is 27.7 Å². The minimum Gasteiger partial charge on any atom is -0.357 e. The van der Waals surface area contributed by atoms with Gasteiger partial charge in [0.2, 0.25) is 17.7 Å². The van der Waals surface area contributed by atoms with Gasteiger partial charge >= 0.3 is 0 Å². The molecule has 2 aromatic carbocycles. The SMILES string of the molecule is CCC(=O)N(Cc1ccc(-c2ccccc2S(=O)(=O)Nc2onc(C)c2C)cc1)[C@H](C(=O)NC)C(C)CC. The Labute approximate surface area is 224 Å². The maximum Gasteiger partial charge on any atom is 0.264 e. The smallest absolute Gasteiger partial charge is 0.264 e. The molecule has 1 aromatic heterocycles. The lowest BCUT2D eigenvalue weighted by Gasteiger charge is -2.34. The molecule has 0 aliphatic carbocycles. The van der Waals surface area contributed by atoms with E-state index in [1.54, 1.807) is 50.9 Å². The lowest BCUT2D eigenvalue weighted by atomic mass is 9.95. The number of likely N-dealkylation sites (N-methyl/N-ethyl adjacent to an activating group) is 1. The molecule has 2 N–H and O–H groups in total. The number of nitrogens with one attached hydrogen (secondary N) is 2. The van der Waals surface area contributed by atoms with Gasteiger partial charge in [-0.1, -0.05) is 74.8 Å². The van der Waals surface area contributed by atoms with Crippen molar-refractivity contribution in [2.75, 3.05) is 11.8 Å². The zero-order valence-electron chi connectivity index (χ0n) is 22.7. The number of carbonyl (C=O) groups excluding carboxylic acids is 2. The molecule has 10 heteroatoms. The summed E-state index contributed by atoms with van der Waals surface area (Å²) in [6.45, 7) is 9.48. The first-order valence-corrected chi connectivity index (χ1v) is 14.2. The highest BCUT2D eigenvalue weighted by Gasteiger charge is 2.32. The molecule has 1 heterocycles. The Bertz CT molecular complexity index is 1380. The minimum atomic E-state index is -3.96.